The van der Waals surface area contributed by atoms with Crippen LogP contribution in [0.5, 0.6) is 0 Å². The number of hydrogen-bond donors (Lipinski definition) is 3. The van der Waals surface area contributed by atoms with Gasteiger partial charge in [-0.1, -0.05) is 13.8 Å². The summed E-state index contributed by atoms with van der Waals surface area (Å²) in [5.74, 6) is 9.02. The van der Waals surface area contributed by atoms with E-state index < -0.39 is 0 Å². The van der Waals surface area contributed by atoms with Gasteiger partial charge in [-0.2, -0.15) is 0 Å². The zero-order valence-corrected chi connectivity index (χ0v) is 12.6. The molecule has 0 aromatic carbocycles. The Labute approximate surface area is 120 Å². The van der Waals surface area contributed by atoms with Crippen molar-refractivity contribution >= 4 is 11.6 Å². The number of rotatable bonds is 8. The van der Waals surface area contributed by atoms with Crippen LogP contribution in [0.25, 0.3) is 0 Å². The zero-order chi connectivity index (χ0) is 14.5. The molecule has 0 saturated heterocycles. The second kappa shape index (κ2) is 6.85. The van der Waals surface area contributed by atoms with E-state index in [0.717, 1.165) is 30.4 Å². The highest BCUT2D eigenvalue weighted by molar-refractivity contribution is 5.57. The lowest BCUT2D eigenvalue weighted by Crippen LogP contribution is -2.17. The maximum atomic E-state index is 5.56. The van der Waals surface area contributed by atoms with Gasteiger partial charge in [0.25, 0.3) is 0 Å². The number of hydrogen-bond acceptors (Lipinski definition) is 6. The molecule has 4 N–H and O–H groups in total. The molecule has 0 radical (unpaired) electrons. The van der Waals surface area contributed by atoms with Gasteiger partial charge in [-0.25, -0.2) is 15.8 Å². The molecule has 20 heavy (non-hydrogen) atoms. The van der Waals surface area contributed by atoms with Crippen molar-refractivity contribution < 1.29 is 4.74 Å². The summed E-state index contributed by atoms with van der Waals surface area (Å²) in [4.78, 5) is 9.06. The van der Waals surface area contributed by atoms with Crippen molar-refractivity contribution in [3.05, 3.63) is 11.4 Å². The van der Waals surface area contributed by atoms with Crippen molar-refractivity contribution in [3.63, 3.8) is 0 Å². The molecule has 1 saturated carbocycles. The summed E-state index contributed by atoms with van der Waals surface area (Å²) in [6, 6.07) is 0. The van der Waals surface area contributed by atoms with E-state index >= 15 is 0 Å². The van der Waals surface area contributed by atoms with E-state index in [-0.39, 0.29) is 0 Å². The second-order valence-corrected chi connectivity index (χ2v) is 5.72. The van der Waals surface area contributed by atoms with Crippen molar-refractivity contribution in [2.45, 2.75) is 39.5 Å². The lowest BCUT2D eigenvalue weighted by Gasteiger charge is -2.14. The van der Waals surface area contributed by atoms with Crippen LogP contribution in [-0.4, -0.2) is 29.7 Å². The van der Waals surface area contributed by atoms with Crippen molar-refractivity contribution in [2.75, 3.05) is 30.5 Å². The topological polar surface area (TPSA) is 85.1 Å². The third-order valence-corrected chi connectivity index (χ3v) is 3.23. The third-order valence-electron chi connectivity index (χ3n) is 3.23. The van der Waals surface area contributed by atoms with Crippen LogP contribution in [0.4, 0.5) is 11.6 Å². The predicted molar refractivity (Wildman–Crippen MR) is 80.7 cm³/mol. The molecule has 6 nitrogen and oxygen atoms in total. The Bertz CT molecular complexity index is 445. The minimum atomic E-state index is 0.500. The molecule has 0 spiro atoms. The van der Waals surface area contributed by atoms with Gasteiger partial charge in [-0.15, -0.1) is 0 Å². The first-order valence-corrected chi connectivity index (χ1v) is 7.28. The fourth-order valence-corrected chi connectivity index (χ4v) is 1.93. The molecule has 1 aliphatic carbocycles. The lowest BCUT2D eigenvalue weighted by molar-refractivity contribution is 0.118. The van der Waals surface area contributed by atoms with E-state index in [0.29, 0.717) is 24.3 Å². The molecule has 0 aliphatic heterocycles. The molecular weight excluding hydrogens is 254 g/mol. The lowest BCUT2D eigenvalue weighted by atomic mass is 10.2. The van der Waals surface area contributed by atoms with Gasteiger partial charge in [0.05, 0.1) is 6.61 Å². The summed E-state index contributed by atoms with van der Waals surface area (Å²) in [5.41, 5.74) is 3.60. The number of hydrazine groups is 1. The van der Waals surface area contributed by atoms with Crippen molar-refractivity contribution in [3.8, 4) is 0 Å². The summed E-state index contributed by atoms with van der Waals surface area (Å²) in [6.07, 6.45) is 2.34. The summed E-state index contributed by atoms with van der Waals surface area (Å²) in [5, 5.41) is 3.31. The van der Waals surface area contributed by atoms with Crippen LogP contribution in [-0.2, 0) is 4.74 Å². The van der Waals surface area contributed by atoms with Crippen LogP contribution < -0.4 is 16.6 Å². The molecule has 0 bridgehead atoms. The Balaban J connectivity index is 1.93. The largest absolute Gasteiger partial charge is 0.379 e. The summed E-state index contributed by atoms with van der Waals surface area (Å²) in [7, 11) is 0. The third kappa shape index (κ3) is 4.05. The molecule has 0 amide bonds. The number of aromatic nitrogens is 2. The molecule has 0 unspecified atom stereocenters. The van der Waals surface area contributed by atoms with E-state index in [9.17, 15) is 0 Å². The van der Waals surface area contributed by atoms with Gasteiger partial charge in [-0.05, 0) is 25.7 Å². The monoisotopic (exact) mass is 279 g/mol. The SMILES string of the molecule is Cc1c(NN)nc(C2CC2)nc1NCCOCC(C)C. The minimum Gasteiger partial charge on any atom is -0.379 e. The second-order valence-electron chi connectivity index (χ2n) is 5.72. The van der Waals surface area contributed by atoms with Gasteiger partial charge < -0.3 is 15.5 Å². The van der Waals surface area contributed by atoms with Gasteiger partial charge in [0.2, 0.25) is 0 Å². The van der Waals surface area contributed by atoms with E-state index in [1.54, 1.807) is 0 Å². The van der Waals surface area contributed by atoms with Crippen molar-refractivity contribution in [1.29, 1.82) is 0 Å². The highest BCUT2D eigenvalue weighted by Crippen LogP contribution is 2.39. The summed E-state index contributed by atoms with van der Waals surface area (Å²) < 4.78 is 5.56. The average molecular weight is 279 g/mol. The molecule has 1 heterocycles. The van der Waals surface area contributed by atoms with Crippen LogP contribution in [0.1, 0.15) is 44.0 Å². The van der Waals surface area contributed by atoms with Crippen molar-refractivity contribution in [2.24, 2.45) is 11.8 Å². The highest BCUT2D eigenvalue weighted by atomic mass is 16.5. The average Bonchev–Trinajstić information content (AvgIpc) is 3.24. The summed E-state index contributed by atoms with van der Waals surface area (Å²) >= 11 is 0. The van der Waals surface area contributed by atoms with Gasteiger partial charge in [0.1, 0.15) is 17.5 Å². The smallest absolute Gasteiger partial charge is 0.148 e. The number of anilines is 2. The maximum Gasteiger partial charge on any atom is 0.148 e. The number of ether oxygens (including phenoxy) is 1. The van der Waals surface area contributed by atoms with Crippen LogP contribution in [0.2, 0.25) is 0 Å². The van der Waals surface area contributed by atoms with E-state index in [2.05, 4.69) is 34.6 Å². The quantitative estimate of drug-likeness (QED) is 0.383. The van der Waals surface area contributed by atoms with Crippen molar-refractivity contribution in [1.82, 2.24) is 9.97 Å². The minimum absolute atomic E-state index is 0.500. The summed E-state index contributed by atoms with van der Waals surface area (Å²) in [6.45, 7) is 8.44. The zero-order valence-electron chi connectivity index (χ0n) is 12.6. The van der Waals surface area contributed by atoms with E-state index in [4.69, 9.17) is 10.6 Å². The fraction of sp³-hybridized carbons (Fsp3) is 0.714. The number of nitrogen functional groups attached to an aromatic ring is 1. The molecule has 112 valence electrons. The first kappa shape index (κ1) is 15.0. The Morgan fingerprint density at radius 3 is 2.60 bits per heavy atom. The number of nitrogens with two attached hydrogens (primary N) is 1. The van der Waals surface area contributed by atoms with Gasteiger partial charge in [0, 0.05) is 24.6 Å². The Morgan fingerprint density at radius 2 is 2.00 bits per heavy atom. The maximum absolute atomic E-state index is 5.56. The molecular formula is C14H25N5O. The Hall–Kier alpha value is -1.40. The van der Waals surface area contributed by atoms with Gasteiger partial charge >= 0.3 is 0 Å². The molecule has 1 aliphatic rings. The molecule has 1 aromatic rings. The van der Waals surface area contributed by atoms with Crippen LogP contribution >= 0.6 is 0 Å². The van der Waals surface area contributed by atoms with E-state index in [1.807, 2.05) is 6.92 Å². The number of nitrogens with one attached hydrogen (secondary N) is 2. The molecule has 1 aromatic heterocycles. The molecule has 6 heteroatoms. The first-order chi connectivity index (χ1) is 9.61. The Morgan fingerprint density at radius 1 is 1.30 bits per heavy atom. The van der Waals surface area contributed by atoms with Crippen LogP contribution in [0.3, 0.4) is 0 Å². The van der Waals surface area contributed by atoms with Crippen LogP contribution in [0.15, 0.2) is 0 Å². The molecule has 1 fully saturated rings. The molecule has 2 rings (SSSR count). The standard InChI is InChI=1S/C14H25N5O/c1-9(2)8-20-7-6-16-12-10(3)13(19-15)18-14(17-12)11-4-5-11/h9,11H,4-8,15H2,1-3H3,(H2,16,17,18,19). The van der Waals surface area contributed by atoms with Gasteiger partial charge in [0.15, 0.2) is 0 Å². The van der Waals surface area contributed by atoms with Gasteiger partial charge in [-0.3, -0.25) is 0 Å². The predicted octanol–water partition coefficient (Wildman–Crippen LogP) is 2.03. The van der Waals surface area contributed by atoms with Crippen LogP contribution in [0, 0.1) is 12.8 Å². The highest BCUT2D eigenvalue weighted by Gasteiger charge is 2.28. The van der Waals surface area contributed by atoms with E-state index in [1.165, 1.54) is 12.8 Å². The normalized spacial score (nSPS) is 14.7. The number of nitrogens with zero attached hydrogens (tertiary/aromatic N) is 2. The molecule has 0 atom stereocenters. The fourth-order valence-electron chi connectivity index (χ4n) is 1.93. The first-order valence-electron chi connectivity index (χ1n) is 7.28. The Kier molecular flexibility index (Phi) is 5.14.